The van der Waals surface area contributed by atoms with E-state index in [4.69, 9.17) is 5.11 Å². The van der Waals surface area contributed by atoms with E-state index in [9.17, 15) is 9.59 Å². The Labute approximate surface area is 254 Å². The predicted molar refractivity (Wildman–Crippen MR) is 174 cm³/mol. The quantitative estimate of drug-likeness (QED) is 0.120. The Hall–Kier alpha value is -3.98. The molecule has 2 amide bonds. The summed E-state index contributed by atoms with van der Waals surface area (Å²) in [5.41, 5.74) is 4.54. The number of hydrogen-bond donors (Lipinski definition) is 4. The van der Waals surface area contributed by atoms with Crippen LogP contribution in [0.25, 0.3) is 21.8 Å². The van der Waals surface area contributed by atoms with Gasteiger partial charge in [-0.25, -0.2) is 4.79 Å². The number of benzene rings is 1. The lowest BCUT2D eigenvalue weighted by Crippen LogP contribution is -2.22. The highest BCUT2D eigenvalue weighted by Crippen LogP contribution is 2.26. The predicted octanol–water partition coefficient (Wildman–Crippen LogP) is 6.88. The largest absolute Gasteiger partial charge is 0.481 e. The highest BCUT2D eigenvalue weighted by Gasteiger charge is 2.08. The van der Waals surface area contributed by atoms with Crippen LogP contribution in [0.3, 0.4) is 0 Å². The van der Waals surface area contributed by atoms with E-state index in [2.05, 4.69) is 83.9 Å². The van der Waals surface area contributed by atoms with Crippen LogP contribution in [0.1, 0.15) is 89.8 Å². The van der Waals surface area contributed by atoms with E-state index >= 15 is 0 Å². The number of fused-ring (bicyclic) bond motifs is 3. The van der Waals surface area contributed by atoms with E-state index in [0.29, 0.717) is 24.4 Å². The number of nitrogens with one attached hydrogen (secondary N) is 3. The summed E-state index contributed by atoms with van der Waals surface area (Å²) in [7, 11) is 0. The molecule has 0 atom stereocenters. The number of nitrogens with zero attached hydrogens (tertiary/aromatic N) is 3. The van der Waals surface area contributed by atoms with E-state index in [1.54, 1.807) is 0 Å². The van der Waals surface area contributed by atoms with Gasteiger partial charge in [0.15, 0.2) is 0 Å². The molecule has 0 bridgehead atoms. The molecule has 0 spiro atoms. The Bertz CT molecular complexity index is 1520. The number of amides is 2. The summed E-state index contributed by atoms with van der Waals surface area (Å²) < 4.78 is 2.00. The van der Waals surface area contributed by atoms with Gasteiger partial charge in [-0.3, -0.25) is 9.48 Å². The maximum absolute atomic E-state index is 12.2. The monoisotopic (exact) mass is 588 g/mol. The topological polar surface area (TPSA) is 124 Å². The van der Waals surface area contributed by atoms with E-state index in [1.165, 1.54) is 16.5 Å². The number of aliphatic carboxylic acids is 1. The highest BCUT2D eigenvalue weighted by molar-refractivity contribution is 6.07. The Morgan fingerprint density at radius 2 is 1.74 bits per heavy atom. The molecule has 4 rings (SSSR count). The Balaban J connectivity index is 0.000000557. The minimum atomic E-state index is -0.682. The lowest BCUT2D eigenvalue weighted by molar-refractivity contribution is -0.137. The fourth-order valence-corrected chi connectivity index (χ4v) is 4.77. The van der Waals surface area contributed by atoms with Gasteiger partial charge in [0, 0.05) is 48.0 Å². The van der Waals surface area contributed by atoms with Crippen LogP contribution in [-0.4, -0.2) is 45.0 Å². The normalized spacial score (nSPS) is 11.6. The van der Waals surface area contributed by atoms with Gasteiger partial charge in [-0.15, -0.1) is 0 Å². The molecule has 232 valence electrons. The van der Waals surface area contributed by atoms with Crippen LogP contribution in [0, 0.1) is 0 Å². The minimum absolute atomic E-state index is 0.291. The molecule has 0 radical (unpaired) electrons. The van der Waals surface area contributed by atoms with Crippen molar-refractivity contribution in [3.63, 3.8) is 0 Å². The van der Waals surface area contributed by atoms with E-state index in [-0.39, 0.29) is 6.03 Å². The summed E-state index contributed by atoms with van der Waals surface area (Å²) in [6.07, 6.45) is 11.5. The lowest BCUT2D eigenvalue weighted by Gasteiger charge is -2.06. The van der Waals surface area contributed by atoms with Crippen molar-refractivity contribution in [3.8, 4) is 0 Å². The second-order valence-electron chi connectivity index (χ2n) is 11.1. The summed E-state index contributed by atoms with van der Waals surface area (Å²) >= 11 is 0. The molecule has 9 heteroatoms. The van der Waals surface area contributed by atoms with Crippen LogP contribution in [0.2, 0.25) is 0 Å². The molecular weight excluding hydrogens is 540 g/mol. The average Bonchev–Trinajstić information content (AvgIpc) is 3.54. The maximum atomic E-state index is 12.2. The van der Waals surface area contributed by atoms with Gasteiger partial charge in [0.05, 0.1) is 17.1 Å². The fourth-order valence-electron chi connectivity index (χ4n) is 4.77. The van der Waals surface area contributed by atoms with Gasteiger partial charge in [-0.1, -0.05) is 69.9 Å². The molecule has 0 fully saturated rings. The molecule has 9 nitrogen and oxygen atoms in total. The second-order valence-corrected chi connectivity index (χ2v) is 11.1. The number of unbranched alkanes of at least 4 members (excludes halogenated alkanes) is 4. The number of H-pyrrole nitrogens is 1. The molecule has 0 saturated heterocycles. The highest BCUT2D eigenvalue weighted by atomic mass is 16.4. The van der Waals surface area contributed by atoms with Crippen LogP contribution >= 0.6 is 0 Å². The molecule has 2 aromatic heterocycles. The van der Waals surface area contributed by atoms with Crippen LogP contribution < -0.4 is 16.0 Å². The van der Waals surface area contributed by atoms with Crippen LogP contribution in [0.4, 0.5) is 4.79 Å². The summed E-state index contributed by atoms with van der Waals surface area (Å²) in [5.74, 6) is -0.682. The van der Waals surface area contributed by atoms with Crippen LogP contribution in [-0.2, 0) is 17.8 Å². The standard InChI is InChI=1S/C28H36N6O.C6H12O2/c1-4-5-6-14-30-28(35)32-23-10-8-11-24-25-12-7-9-22(27(25)33-26(24)16-23)18-29-15-13-21-17-31-34(19-21)20(2)3;1-2-3-4-5-6(7)8/h7-12,16-17,19-20,29,33H,4-6,13-15,18H2,1-3H3,(H,30,35);2-5H2,1H3,(H,7,8)/b32-23+;. The number of carbonyl (C=O) groups excluding carboxylic acids is 1. The number of rotatable bonds is 14. The first-order valence-corrected chi connectivity index (χ1v) is 15.6. The molecule has 4 N–H and O–H groups in total. The number of urea groups is 1. The van der Waals surface area contributed by atoms with Crippen molar-refractivity contribution in [2.45, 2.75) is 91.6 Å². The first-order valence-electron chi connectivity index (χ1n) is 15.6. The van der Waals surface area contributed by atoms with Crippen molar-refractivity contribution in [2.24, 2.45) is 4.99 Å². The number of carboxylic acid groups (broad SMARTS) is 1. The Kier molecular flexibility index (Phi) is 13.9. The zero-order valence-corrected chi connectivity index (χ0v) is 26.2. The summed E-state index contributed by atoms with van der Waals surface area (Å²) in [4.78, 5) is 29.9. The fraction of sp³-hybridized carbons (Fsp3) is 0.471. The Morgan fingerprint density at radius 3 is 2.47 bits per heavy atom. The zero-order chi connectivity index (χ0) is 31.0. The molecule has 43 heavy (non-hydrogen) atoms. The number of aromatic amines is 1. The third-order valence-electron chi connectivity index (χ3n) is 7.18. The number of aromatic nitrogens is 3. The first kappa shape index (κ1) is 33.5. The first-order chi connectivity index (χ1) is 20.8. The zero-order valence-electron chi connectivity index (χ0n) is 26.2. The molecule has 0 unspecified atom stereocenters. The van der Waals surface area contributed by atoms with E-state index in [1.807, 2.05) is 29.1 Å². The van der Waals surface area contributed by atoms with Crippen molar-refractivity contribution in [2.75, 3.05) is 13.1 Å². The molecule has 0 aliphatic carbocycles. The molecule has 0 aliphatic heterocycles. The SMILES string of the molecule is CCCCCC(=O)O.CCCCCNC(=O)/N=c1\cccc2c(c1)[nH]c1c(CNCCc3cnn(C(C)C)c3)cccc12. The smallest absolute Gasteiger partial charge is 0.341 e. The number of para-hydroxylation sites is 1. The molecular formula is C34H48N6O3. The van der Waals surface area contributed by atoms with Crippen molar-refractivity contribution in [1.29, 1.82) is 0 Å². The van der Waals surface area contributed by atoms with E-state index < -0.39 is 5.97 Å². The van der Waals surface area contributed by atoms with Gasteiger partial charge in [0.1, 0.15) is 0 Å². The molecule has 2 aromatic carbocycles. The van der Waals surface area contributed by atoms with Gasteiger partial charge in [-0.2, -0.15) is 10.1 Å². The second kappa shape index (κ2) is 17.9. The maximum Gasteiger partial charge on any atom is 0.341 e. The van der Waals surface area contributed by atoms with Gasteiger partial charge in [0.25, 0.3) is 0 Å². The third-order valence-corrected chi connectivity index (χ3v) is 7.18. The van der Waals surface area contributed by atoms with Crippen molar-refractivity contribution in [3.05, 3.63) is 71.3 Å². The van der Waals surface area contributed by atoms with Gasteiger partial charge < -0.3 is 20.7 Å². The van der Waals surface area contributed by atoms with Crippen molar-refractivity contribution >= 4 is 33.8 Å². The minimum Gasteiger partial charge on any atom is -0.481 e. The molecule has 0 aliphatic rings. The van der Waals surface area contributed by atoms with Gasteiger partial charge in [0.2, 0.25) is 0 Å². The van der Waals surface area contributed by atoms with Crippen LogP contribution in [0.5, 0.6) is 0 Å². The third kappa shape index (κ3) is 11.0. The number of carboxylic acids is 1. The summed E-state index contributed by atoms with van der Waals surface area (Å²) in [6.45, 7) is 10.8. The van der Waals surface area contributed by atoms with Crippen molar-refractivity contribution in [1.82, 2.24) is 25.4 Å². The van der Waals surface area contributed by atoms with Crippen molar-refractivity contribution < 1.29 is 14.7 Å². The Morgan fingerprint density at radius 1 is 1.00 bits per heavy atom. The summed E-state index contributed by atoms with van der Waals surface area (Å²) in [6, 6.07) is 14.3. The average molecular weight is 589 g/mol. The molecule has 0 saturated carbocycles. The molecule has 2 heterocycles. The number of hydrogen-bond acceptors (Lipinski definition) is 4. The van der Waals surface area contributed by atoms with E-state index in [0.717, 1.165) is 74.5 Å². The van der Waals surface area contributed by atoms with Gasteiger partial charge in [-0.05, 0) is 62.9 Å². The number of carbonyl (C=O) groups is 2. The van der Waals surface area contributed by atoms with Gasteiger partial charge >= 0.3 is 12.0 Å². The van der Waals surface area contributed by atoms with Crippen LogP contribution in [0.15, 0.2) is 59.9 Å². The lowest BCUT2D eigenvalue weighted by atomic mass is 10.1. The molecule has 4 aromatic rings. The summed E-state index contributed by atoms with van der Waals surface area (Å²) in [5, 5.41) is 21.9.